The predicted molar refractivity (Wildman–Crippen MR) is 143 cm³/mol. The van der Waals surface area contributed by atoms with Crippen LogP contribution in [-0.4, -0.2) is 67.8 Å². The minimum atomic E-state index is -1.09. The monoisotopic (exact) mass is 508 g/mol. The molecule has 7 heteroatoms. The Hall–Kier alpha value is -0.280. The molecule has 0 amide bonds. The van der Waals surface area contributed by atoms with Crippen LogP contribution < -0.4 is 0 Å². The van der Waals surface area contributed by atoms with Crippen molar-refractivity contribution < 1.29 is 33.2 Å². The van der Waals surface area contributed by atoms with Crippen LogP contribution in [0.2, 0.25) is 0 Å². The van der Waals surface area contributed by atoms with Crippen LogP contribution in [-0.2, 0) is 33.2 Å². The molecule has 0 rings (SSSR count). The number of hydrogen-bond donors (Lipinski definition) is 0. The Balaban J connectivity index is 0. The summed E-state index contributed by atoms with van der Waals surface area (Å²) >= 11 is 0. The fourth-order valence-corrected chi connectivity index (χ4v) is 4.45. The normalized spacial score (nSPS) is 13.9. The van der Waals surface area contributed by atoms with Crippen LogP contribution in [0.1, 0.15) is 111 Å². The van der Waals surface area contributed by atoms with Crippen molar-refractivity contribution in [1.29, 1.82) is 0 Å². The molecule has 214 valence electrons. The van der Waals surface area contributed by atoms with Gasteiger partial charge < -0.3 is 33.2 Å². The molecular weight excluding hydrogens is 448 g/mol. The minimum absolute atomic E-state index is 0.205. The SMILES string of the molecule is CCCCCCCCC(C)C(OC)(OC)OC.CCCCCCCCC(OC)C(OC)(OC)OC. The van der Waals surface area contributed by atoms with Crippen molar-refractivity contribution >= 4 is 0 Å². The molecule has 7 nitrogen and oxygen atoms in total. The van der Waals surface area contributed by atoms with Gasteiger partial charge in [0.25, 0.3) is 5.97 Å². The van der Waals surface area contributed by atoms with Gasteiger partial charge in [-0.1, -0.05) is 97.8 Å². The number of hydrogen-bond acceptors (Lipinski definition) is 7. The number of unbranched alkanes of at least 4 members (excludes halogenated alkanes) is 10. The van der Waals surface area contributed by atoms with Crippen molar-refractivity contribution in [3.63, 3.8) is 0 Å². The molecule has 0 aromatic heterocycles. The summed E-state index contributed by atoms with van der Waals surface area (Å²) < 4.78 is 37.4. The third-order valence-corrected chi connectivity index (χ3v) is 6.80. The van der Waals surface area contributed by atoms with E-state index in [0.29, 0.717) is 0 Å². The molecule has 0 saturated carbocycles. The van der Waals surface area contributed by atoms with E-state index in [9.17, 15) is 0 Å². The van der Waals surface area contributed by atoms with Gasteiger partial charge in [-0.15, -0.1) is 0 Å². The lowest BCUT2D eigenvalue weighted by Gasteiger charge is -2.35. The molecule has 35 heavy (non-hydrogen) atoms. The number of methoxy groups -OCH3 is 7. The molecule has 0 radical (unpaired) electrons. The Morgan fingerprint density at radius 3 is 1.14 bits per heavy atom. The summed E-state index contributed by atoms with van der Waals surface area (Å²) in [6, 6.07) is 0. The lowest BCUT2D eigenvalue weighted by atomic mass is 9.99. The molecule has 0 aromatic rings. The third-order valence-electron chi connectivity index (χ3n) is 6.80. The Kier molecular flexibility index (Phi) is 25.4. The predicted octanol–water partition coefficient (Wildman–Crippen LogP) is 7.31. The van der Waals surface area contributed by atoms with E-state index in [1.165, 1.54) is 70.6 Å². The number of ether oxygens (including phenoxy) is 7. The van der Waals surface area contributed by atoms with E-state index in [2.05, 4.69) is 20.8 Å². The molecule has 0 aliphatic heterocycles. The minimum Gasteiger partial charge on any atom is -0.373 e. The average molecular weight is 509 g/mol. The zero-order valence-electron chi connectivity index (χ0n) is 24.9. The van der Waals surface area contributed by atoms with Gasteiger partial charge in [0.2, 0.25) is 0 Å². The molecule has 0 bridgehead atoms. The summed E-state index contributed by atoms with van der Waals surface area (Å²) in [5.41, 5.74) is 0. The lowest BCUT2D eigenvalue weighted by molar-refractivity contribution is -0.392. The van der Waals surface area contributed by atoms with E-state index in [4.69, 9.17) is 33.2 Å². The van der Waals surface area contributed by atoms with Gasteiger partial charge in [-0.25, -0.2) is 0 Å². The highest BCUT2D eigenvalue weighted by atomic mass is 16.9. The first-order valence-corrected chi connectivity index (χ1v) is 13.7. The van der Waals surface area contributed by atoms with Gasteiger partial charge >= 0.3 is 5.97 Å². The first-order chi connectivity index (χ1) is 16.9. The summed E-state index contributed by atoms with van der Waals surface area (Å²) in [7, 11) is 11.3. The van der Waals surface area contributed by atoms with Crippen LogP contribution in [0.5, 0.6) is 0 Å². The van der Waals surface area contributed by atoms with Gasteiger partial charge in [0, 0.05) is 55.7 Å². The molecule has 0 aromatic carbocycles. The molecule has 0 spiro atoms. The van der Waals surface area contributed by atoms with Crippen molar-refractivity contribution in [1.82, 2.24) is 0 Å². The second-order valence-electron chi connectivity index (χ2n) is 9.17. The van der Waals surface area contributed by atoms with Gasteiger partial charge in [-0.2, -0.15) is 0 Å². The van der Waals surface area contributed by atoms with Crippen LogP contribution in [0, 0.1) is 5.92 Å². The van der Waals surface area contributed by atoms with Crippen LogP contribution >= 0.6 is 0 Å². The Labute approximate surface area is 217 Å². The molecule has 0 fully saturated rings. The Morgan fingerprint density at radius 1 is 0.457 bits per heavy atom. The van der Waals surface area contributed by atoms with Gasteiger partial charge in [0.05, 0.1) is 0 Å². The molecule has 0 aliphatic rings. The van der Waals surface area contributed by atoms with Gasteiger partial charge in [0.1, 0.15) is 6.10 Å². The summed E-state index contributed by atoms with van der Waals surface area (Å²) in [5.74, 6) is -1.71. The summed E-state index contributed by atoms with van der Waals surface area (Å²) in [6.07, 6.45) is 17.1. The topological polar surface area (TPSA) is 64.6 Å². The largest absolute Gasteiger partial charge is 0.373 e. The van der Waals surface area contributed by atoms with Gasteiger partial charge in [0.15, 0.2) is 0 Å². The van der Waals surface area contributed by atoms with Crippen LogP contribution in [0.15, 0.2) is 0 Å². The fourth-order valence-electron chi connectivity index (χ4n) is 4.45. The van der Waals surface area contributed by atoms with E-state index in [-0.39, 0.29) is 12.0 Å². The maximum Gasteiger partial charge on any atom is 0.310 e. The first kappa shape index (κ1) is 36.9. The first-order valence-electron chi connectivity index (χ1n) is 13.7. The fraction of sp³-hybridized carbons (Fsp3) is 1.00. The highest BCUT2D eigenvalue weighted by Crippen LogP contribution is 2.28. The van der Waals surface area contributed by atoms with Crippen molar-refractivity contribution in [3.05, 3.63) is 0 Å². The van der Waals surface area contributed by atoms with Crippen molar-refractivity contribution in [2.45, 2.75) is 129 Å². The van der Waals surface area contributed by atoms with Crippen LogP contribution in [0.4, 0.5) is 0 Å². The molecule has 0 aliphatic carbocycles. The van der Waals surface area contributed by atoms with E-state index in [1.54, 1.807) is 49.8 Å². The zero-order chi connectivity index (χ0) is 27.0. The third kappa shape index (κ3) is 14.9. The second kappa shape index (κ2) is 24.1. The van der Waals surface area contributed by atoms with Gasteiger partial charge in [-0.05, 0) is 12.8 Å². The maximum atomic E-state index is 5.44. The maximum absolute atomic E-state index is 5.44. The quantitative estimate of drug-likeness (QED) is 0.106. The van der Waals surface area contributed by atoms with E-state index in [1.807, 2.05) is 0 Å². The van der Waals surface area contributed by atoms with Crippen molar-refractivity contribution in [3.8, 4) is 0 Å². The molecule has 2 unspecified atom stereocenters. The van der Waals surface area contributed by atoms with E-state index >= 15 is 0 Å². The average Bonchev–Trinajstić information content (AvgIpc) is 2.89. The van der Waals surface area contributed by atoms with E-state index < -0.39 is 11.9 Å². The summed E-state index contributed by atoms with van der Waals surface area (Å²) in [6.45, 7) is 6.58. The van der Waals surface area contributed by atoms with Crippen molar-refractivity contribution in [2.24, 2.45) is 5.92 Å². The lowest BCUT2D eigenvalue weighted by Crippen LogP contribution is -2.48. The van der Waals surface area contributed by atoms with Gasteiger partial charge in [-0.3, -0.25) is 0 Å². The Morgan fingerprint density at radius 2 is 0.800 bits per heavy atom. The smallest absolute Gasteiger partial charge is 0.310 e. The molecule has 2 atom stereocenters. The number of rotatable bonds is 23. The second-order valence-corrected chi connectivity index (χ2v) is 9.17. The summed E-state index contributed by atoms with van der Waals surface area (Å²) in [4.78, 5) is 0. The van der Waals surface area contributed by atoms with Crippen LogP contribution in [0.25, 0.3) is 0 Å². The molecular formula is C28H60O7. The Bertz CT molecular complexity index is 409. The highest BCUT2D eigenvalue weighted by molar-refractivity contribution is 4.71. The van der Waals surface area contributed by atoms with E-state index in [0.717, 1.165) is 19.3 Å². The molecule has 0 saturated heterocycles. The molecule has 0 heterocycles. The van der Waals surface area contributed by atoms with Crippen molar-refractivity contribution in [2.75, 3.05) is 49.8 Å². The standard InChI is InChI=1S/C14H30O4.C14H30O3/c1-6-7-8-9-10-11-12-13(15-2)14(16-3,17-4)18-5;1-6-7-8-9-10-11-12-13(2)14(15-3,16-4)17-5/h13H,6-12H2,1-5H3;13H,6-12H2,1-5H3. The summed E-state index contributed by atoms with van der Waals surface area (Å²) in [5, 5.41) is 0. The molecule has 0 N–H and O–H groups in total. The zero-order valence-corrected chi connectivity index (χ0v) is 24.9. The van der Waals surface area contributed by atoms with Crippen LogP contribution in [0.3, 0.4) is 0 Å². The highest BCUT2D eigenvalue weighted by Gasteiger charge is 2.40.